The van der Waals surface area contributed by atoms with Gasteiger partial charge in [0.25, 0.3) is 5.69 Å². The van der Waals surface area contributed by atoms with Crippen LogP contribution in [0.25, 0.3) is 0 Å². The summed E-state index contributed by atoms with van der Waals surface area (Å²) in [6, 6.07) is 6.32. The Bertz CT molecular complexity index is 504. The molecular formula is C13H15N3O3. The van der Waals surface area contributed by atoms with Crippen LogP contribution in [0.15, 0.2) is 18.2 Å². The molecule has 1 heterocycles. The molecule has 1 unspecified atom stereocenters. The zero-order chi connectivity index (χ0) is 13.7. The predicted octanol–water partition coefficient (Wildman–Crippen LogP) is 2.45. The van der Waals surface area contributed by atoms with E-state index in [1.807, 2.05) is 6.07 Å². The number of hydrogen-bond donors (Lipinski definition) is 1. The molecule has 19 heavy (non-hydrogen) atoms. The normalized spacial score (nSPS) is 17.9. The summed E-state index contributed by atoms with van der Waals surface area (Å²) in [7, 11) is 0. The van der Waals surface area contributed by atoms with Crippen LogP contribution in [0.2, 0.25) is 0 Å². The minimum absolute atomic E-state index is 0.0760. The molecular weight excluding hydrogens is 246 g/mol. The Hall–Kier alpha value is -2.13. The lowest BCUT2D eigenvalue weighted by Gasteiger charge is -2.11. The Kier molecular flexibility index (Phi) is 4.31. The molecule has 0 bridgehead atoms. The molecule has 1 N–H and O–H groups in total. The summed E-state index contributed by atoms with van der Waals surface area (Å²) in [5, 5.41) is 22.7. The van der Waals surface area contributed by atoms with Gasteiger partial charge in [-0.05, 0) is 31.4 Å². The molecule has 1 atom stereocenters. The first-order valence-electron chi connectivity index (χ1n) is 6.24. The first-order valence-corrected chi connectivity index (χ1v) is 6.24. The van der Waals surface area contributed by atoms with Crippen molar-refractivity contribution < 1.29 is 9.66 Å². The Balaban J connectivity index is 1.93. The molecule has 0 aromatic heterocycles. The summed E-state index contributed by atoms with van der Waals surface area (Å²) >= 11 is 0. The van der Waals surface area contributed by atoms with Crippen molar-refractivity contribution in [2.75, 3.05) is 18.5 Å². The molecule has 1 saturated heterocycles. The Labute approximate surface area is 111 Å². The Morgan fingerprint density at radius 1 is 1.58 bits per heavy atom. The average molecular weight is 261 g/mol. The van der Waals surface area contributed by atoms with Gasteiger partial charge in [0.2, 0.25) is 0 Å². The lowest BCUT2D eigenvalue weighted by molar-refractivity contribution is -0.385. The molecule has 1 fully saturated rings. The topological polar surface area (TPSA) is 88.2 Å². The van der Waals surface area contributed by atoms with Gasteiger partial charge in [0, 0.05) is 24.9 Å². The number of nitro groups is 1. The summed E-state index contributed by atoms with van der Waals surface area (Å²) in [6.07, 6.45) is 3.41. The fourth-order valence-corrected chi connectivity index (χ4v) is 2.14. The third-order valence-corrected chi connectivity index (χ3v) is 3.13. The van der Waals surface area contributed by atoms with E-state index in [-0.39, 0.29) is 11.3 Å². The molecule has 6 nitrogen and oxygen atoms in total. The van der Waals surface area contributed by atoms with Gasteiger partial charge in [-0.15, -0.1) is 0 Å². The lowest BCUT2D eigenvalue weighted by Crippen LogP contribution is -2.12. The standard InChI is InChI=1S/C13H15N3O3/c14-9-10-8-11(3-4-13(10)16(17)18)15-6-5-12-2-1-7-19-12/h3-4,8,12,15H,1-2,5-7H2. The Morgan fingerprint density at radius 3 is 3.05 bits per heavy atom. The van der Waals surface area contributed by atoms with Crippen molar-refractivity contribution in [2.24, 2.45) is 0 Å². The van der Waals surface area contributed by atoms with Gasteiger partial charge in [-0.25, -0.2) is 0 Å². The van der Waals surface area contributed by atoms with Crippen molar-refractivity contribution in [3.8, 4) is 6.07 Å². The first-order chi connectivity index (χ1) is 9.20. The van der Waals surface area contributed by atoms with Crippen LogP contribution in [0.3, 0.4) is 0 Å². The maximum Gasteiger partial charge on any atom is 0.287 e. The highest BCUT2D eigenvalue weighted by Gasteiger charge is 2.16. The monoisotopic (exact) mass is 261 g/mol. The number of anilines is 1. The number of benzene rings is 1. The smallest absolute Gasteiger partial charge is 0.287 e. The van der Waals surface area contributed by atoms with Crippen LogP contribution in [-0.2, 0) is 4.74 Å². The van der Waals surface area contributed by atoms with E-state index in [1.165, 1.54) is 12.1 Å². The van der Waals surface area contributed by atoms with Gasteiger partial charge in [-0.1, -0.05) is 0 Å². The van der Waals surface area contributed by atoms with E-state index >= 15 is 0 Å². The number of nitrogens with zero attached hydrogens (tertiary/aromatic N) is 2. The predicted molar refractivity (Wildman–Crippen MR) is 69.9 cm³/mol. The van der Waals surface area contributed by atoms with E-state index in [2.05, 4.69) is 5.32 Å². The summed E-state index contributed by atoms with van der Waals surface area (Å²) in [5.74, 6) is 0. The summed E-state index contributed by atoms with van der Waals surface area (Å²) in [4.78, 5) is 10.2. The third-order valence-electron chi connectivity index (χ3n) is 3.13. The van der Waals surface area contributed by atoms with Crippen LogP contribution in [0.4, 0.5) is 11.4 Å². The van der Waals surface area contributed by atoms with Crippen molar-refractivity contribution in [2.45, 2.75) is 25.4 Å². The Morgan fingerprint density at radius 2 is 2.42 bits per heavy atom. The zero-order valence-corrected chi connectivity index (χ0v) is 10.5. The molecule has 0 saturated carbocycles. The quantitative estimate of drug-likeness (QED) is 0.649. The number of ether oxygens (including phenoxy) is 1. The molecule has 1 aromatic carbocycles. The van der Waals surface area contributed by atoms with Crippen LogP contribution in [0, 0.1) is 21.4 Å². The van der Waals surface area contributed by atoms with E-state index < -0.39 is 4.92 Å². The molecule has 100 valence electrons. The molecule has 1 aromatic rings. The van der Waals surface area contributed by atoms with Crippen molar-refractivity contribution in [1.82, 2.24) is 0 Å². The summed E-state index contributed by atoms with van der Waals surface area (Å²) in [6.45, 7) is 1.56. The van der Waals surface area contributed by atoms with Gasteiger partial charge in [-0.2, -0.15) is 5.26 Å². The van der Waals surface area contributed by atoms with Gasteiger partial charge in [-0.3, -0.25) is 10.1 Å². The SMILES string of the molecule is N#Cc1cc(NCCC2CCCO2)ccc1[N+](=O)[O-]. The number of nitro benzene ring substituents is 1. The van der Waals surface area contributed by atoms with E-state index in [0.29, 0.717) is 6.10 Å². The van der Waals surface area contributed by atoms with Crippen LogP contribution >= 0.6 is 0 Å². The van der Waals surface area contributed by atoms with Crippen molar-refractivity contribution in [1.29, 1.82) is 5.26 Å². The third kappa shape index (κ3) is 3.42. The van der Waals surface area contributed by atoms with Crippen molar-refractivity contribution >= 4 is 11.4 Å². The second-order valence-electron chi connectivity index (χ2n) is 4.45. The average Bonchev–Trinajstić information content (AvgIpc) is 2.91. The summed E-state index contributed by atoms with van der Waals surface area (Å²) in [5.41, 5.74) is 0.638. The second kappa shape index (κ2) is 6.16. The van der Waals surface area contributed by atoms with Gasteiger partial charge < -0.3 is 10.1 Å². The first kappa shape index (κ1) is 13.3. The minimum Gasteiger partial charge on any atom is -0.385 e. The zero-order valence-electron chi connectivity index (χ0n) is 10.5. The van der Waals surface area contributed by atoms with Crippen molar-refractivity contribution in [3.05, 3.63) is 33.9 Å². The van der Waals surface area contributed by atoms with Crippen LogP contribution in [0.5, 0.6) is 0 Å². The van der Waals surface area contributed by atoms with Gasteiger partial charge in [0.1, 0.15) is 11.6 Å². The minimum atomic E-state index is -0.547. The molecule has 2 rings (SSSR count). The van der Waals surface area contributed by atoms with Crippen molar-refractivity contribution in [3.63, 3.8) is 0 Å². The maximum absolute atomic E-state index is 10.7. The van der Waals surface area contributed by atoms with Gasteiger partial charge in [0.05, 0.1) is 11.0 Å². The number of nitrogens with one attached hydrogen (secondary N) is 1. The largest absolute Gasteiger partial charge is 0.385 e. The highest BCUT2D eigenvalue weighted by atomic mass is 16.6. The lowest BCUT2D eigenvalue weighted by atomic mass is 10.1. The molecule has 1 aliphatic heterocycles. The highest BCUT2D eigenvalue weighted by molar-refractivity contribution is 5.58. The van der Waals surface area contributed by atoms with Gasteiger partial charge >= 0.3 is 0 Å². The summed E-state index contributed by atoms with van der Waals surface area (Å²) < 4.78 is 5.50. The van der Waals surface area contributed by atoms with E-state index in [4.69, 9.17) is 10.00 Å². The second-order valence-corrected chi connectivity index (χ2v) is 4.45. The molecule has 0 aliphatic carbocycles. The highest BCUT2D eigenvalue weighted by Crippen LogP contribution is 2.22. The number of nitriles is 1. The maximum atomic E-state index is 10.7. The van der Waals surface area contributed by atoms with Crippen LogP contribution < -0.4 is 5.32 Å². The van der Waals surface area contributed by atoms with Gasteiger partial charge in [0.15, 0.2) is 0 Å². The molecule has 0 spiro atoms. The molecule has 0 radical (unpaired) electrons. The molecule has 0 amide bonds. The molecule has 6 heteroatoms. The van der Waals surface area contributed by atoms with E-state index in [9.17, 15) is 10.1 Å². The number of rotatable bonds is 5. The fourth-order valence-electron chi connectivity index (χ4n) is 2.14. The molecule has 1 aliphatic rings. The van der Waals surface area contributed by atoms with E-state index in [0.717, 1.165) is 38.1 Å². The van der Waals surface area contributed by atoms with Crippen LogP contribution in [0.1, 0.15) is 24.8 Å². The van der Waals surface area contributed by atoms with Crippen LogP contribution in [-0.4, -0.2) is 24.2 Å². The van der Waals surface area contributed by atoms with E-state index in [1.54, 1.807) is 6.07 Å². The fraction of sp³-hybridized carbons (Fsp3) is 0.462. The number of hydrogen-bond acceptors (Lipinski definition) is 5.